The Balaban J connectivity index is 2.99. The van der Waals surface area contributed by atoms with Gasteiger partial charge in [-0.25, -0.2) is 0 Å². The highest BCUT2D eigenvalue weighted by Gasteiger charge is 2.40. The minimum atomic E-state index is -5.13. The van der Waals surface area contributed by atoms with E-state index in [2.05, 4.69) is 0 Å². The number of ether oxygens (including phenoxy) is 2. The van der Waals surface area contributed by atoms with Crippen LogP contribution >= 0.6 is 0 Å². The van der Waals surface area contributed by atoms with Crippen LogP contribution in [-0.4, -0.2) is 44.7 Å². The number of carbonyl (C=O) groups is 1. The van der Waals surface area contributed by atoms with Crippen LogP contribution in [0.3, 0.4) is 0 Å². The average molecular weight is 293 g/mol. The number of aryl methyl sites for hydroxylation is 1. The van der Waals surface area contributed by atoms with Crippen molar-refractivity contribution < 1.29 is 30.2 Å². The van der Waals surface area contributed by atoms with Crippen LogP contribution in [0.4, 0.5) is 13.2 Å². The third kappa shape index (κ3) is 4.04. The first-order chi connectivity index (χ1) is 10.0. The molecule has 0 atom stereocenters. The van der Waals surface area contributed by atoms with E-state index in [1.165, 1.54) is 32.4 Å². The number of methoxy groups -OCH3 is 2. The second kappa shape index (κ2) is 6.49. The van der Waals surface area contributed by atoms with Crippen LogP contribution in [0.25, 0.3) is 0 Å². The van der Waals surface area contributed by atoms with E-state index in [1.54, 1.807) is 0 Å². The quantitative estimate of drug-likeness (QED) is 0.836. The maximum atomic E-state index is 12.4. The number of halogens is 3. The first kappa shape index (κ1) is 13.1. The molecule has 0 aliphatic carbocycles. The molecule has 20 heavy (non-hydrogen) atoms. The molecule has 1 aromatic carbocycles. The summed E-state index contributed by atoms with van der Waals surface area (Å²) in [5.74, 6) is -1.51. The van der Waals surface area contributed by atoms with Crippen molar-refractivity contribution in [2.24, 2.45) is 0 Å². The first-order valence-corrected chi connectivity index (χ1v) is 5.59. The summed E-state index contributed by atoms with van der Waals surface area (Å²) in [6.07, 6.45) is -5.55. The van der Waals surface area contributed by atoms with Gasteiger partial charge >= 0.3 is 12.1 Å². The zero-order valence-electron chi connectivity index (χ0n) is 13.2. The van der Waals surface area contributed by atoms with Crippen LogP contribution < -0.4 is 9.47 Å². The standard InChI is InChI=1S/C13H16F3NO3/c1-17(12(18)13(14,15)16)7-6-9-4-5-10(19-2)11(8-9)20-3/h4-5,8H,6-7H2,1-3H3/i7D2. The van der Waals surface area contributed by atoms with Gasteiger partial charge in [-0.15, -0.1) is 0 Å². The summed E-state index contributed by atoms with van der Waals surface area (Å²) < 4.78 is 62.7. The van der Waals surface area contributed by atoms with Crippen molar-refractivity contribution in [2.45, 2.75) is 12.6 Å². The maximum Gasteiger partial charge on any atom is 0.471 e. The van der Waals surface area contributed by atoms with E-state index in [0.717, 1.165) is 7.05 Å². The molecule has 0 bridgehead atoms. The number of benzene rings is 1. The molecule has 7 heteroatoms. The molecule has 112 valence electrons. The Morgan fingerprint density at radius 1 is 1.30 bits per heavy atom. The third-order valence-corrected chi connectivity index (χ3v) is 2.52. The van der Waals surface area contributed by atoms with Crippen LogP contribution in [0.5, 0.6) is 11.5 Å². The average Bonchev–Trinajstić information content (AvgIpc) is 2.44. The highest BCUT2D eigenvalue weighted by atomic mass is 19.4. The Kier molecular flexibility index (Phi) is 4.25. The van der Waals surface area contributed by atoms with Crippen molar-refractivity contribution in [3.05, 3.63) is 23.8 Å². The second-order valence-electron chi connectivity index (χ2n) is 3.89. The number of nitrogens with zero attached hydrogens (tertiary/aromatic N) is 1. The van der Waals surface area contributed by atoms with E-state index in [9.17, 15) is 18.0 Å². The van der Waals surface area contributed by atoms with Crippen LogP contribution in [0.2, 0.25) is 0 Å². The first-order valence-electron chi connectivity index (χ1n) is 6.59. The van der Waals surface area contributed by atoms with Gasteiger partial charge in [0.25, 0.3) is 0 Å². The van der Waals surface area contributed by atoms with E-state index in [1.807, 2.05) is 0 Å². The molecule has 0 aliphatic rings. The molecule has 0 fully saturated rings. The van der Waals surface area contributed by atoms with Gasteiger partial charge in [-0.3, -0.25) is 4.79 Å². The smallest absolute Gasteiger partial charge is 0.471 e. The van der Waals surface area contributed by atoms with Crippen LogP contribution in [-0.2, 0) is 11.2 Å². The lowest BCUT2D eigenvalue weighted by molar-refractivity contribution is -0.184. The number of hydrogen-bond acceptors (Lipinski definition) is 3. The topological polar surface area (TPSA) is 38.8 Å². The number of rotatable bonds is 5. The number of amides is 1. The zero-order valence-corrected chi connectivity index (χ0v) is 11.2. The van der Waals surface area contributed by atoms with Crippen molar-refractivity contribution in [1.82, 2.24) is 4.90 Å². The van der Waals surface area contributed by atoms with Gasteiger partial charge in [0.15, 0.2) is 11.5 Å². The van der Waals surface area contributed by atoms with E-state index < -0.39 is 25.0 Å². The molecule has 0 heterocycles. The second-order valence-corrected chi connectivity index (χ2v) is 3.89. The molecule has 0 saturated heterocycles. The minimum Gasteiger partial charge on any atom is -0.493 e. The number of alkyl halides is 3. The third-order valence-electron chi connectivity index (χ3n) is 2.52. The fourth-order valence-corrected chi connectivity index (χ4v) is 1.46. The Hall–Kier alpha value is -1.92. The summed E-state index contributed by atoms with van der Waals surface area (Å²) in [5, 5.41) is 0. The highest BCUT2D eigenvalue weighted by molar-refractivity contribution is 5.81. The minimum absolute atomic E-state index is 0.0453. The molecule has 4 nitrogen and oxygen atoms in total. The molecule has 0 aliphatic heterocycles. The van der Waals surface area contributed by atoms with Crippen molar-refractivity contribution >= 4 is 5.91 Å². The number of carbonyl (C=O) groups excluding carboxylic acids is 1. The highest BCUT2D eigenvalue weighted by Crippen LogP contribution is 2.27. The van der Waals surface area contributed by atoms with E-state index in [-0.39, 0.29) is 4.90 Å². The van der Waals surface area contributed by atoms with E-state index >= 15 is 0 Å². The number of likely N-dealkylation sites (N-methyl/N-ethyl adjacent to an activating group) is 1. The monoisotopic (exact) mass is 293 g/mol. The van der Waals surface area contributed by atoms with Gasteiger partial charge < -0.3 is 14.4 Å². The van der Waals surface area contributed by atoms with Gasteiger partial charge in [-0.2, -0.15) is 13.2 Å². The molecule has 1 amide bonds. The van der Waals surface area contributed by atoms with Gasteiger partial charge in [-0.1, -0.05) is 6.07 Å². The van der Waals surface area contributed by atoms with Crippen molar-refractivity contribution in [3.8, 4) is 11.5 Å². The van der Waals surface area contributed by atoms with Crippen LogP contribution in [0.15, 0.2) is 18.2 Å². The summed E-state index contributed by atoms with van der Waals surface area (Å²) in [6.45, 7) is -2.51. The van der Waals surface area contributed by atoms with Gasteiger partial charge in [-0.05, 0) is 24.1 Å². The molecule has 0 unspecified atom stereocenters. The molecule has 0 N–H and O–H groups in total. The molecule has 0 aromatic heterocycles. The fraction of sp³-hybridized carbons (Fsp3) is 0.462. The Bertz CT molecular complexity index is 550. The lowest BCUT2D eigenvalue weighted by Crippen LogP contribution is -2.39. The molecule has 0 radical (unpaired) electrons. The van der Waals surface area contributed by atoms with Crippen molar-refractivity contribution in [1.29, 1.82) is 0 Å². The van der Waals surface area contributed by atoms with Crippen LogP contribution in [0.1, 0.15) is 8.30 Å². The van der Waals surface area contributed by atoms with Crippen LogP contribution in [0, 0.1) is 0 Å². The predicted octanol–water partition coefficient (Wildman–Crippen LogP) is 2.27. The SMILES string of the molecule is [2H]C([2H])(Cc1ccc(OC)c(OC)c1)N(C)C(=O)C(F)(F)F. The molecule has 0 saturated carbocycles. The lowest BCUT2D eigenvalue weighted by Gasteiger charge is -2.18. The van der Waals surface area contributed by atoms with E-state index in [0.29, 0.717) is 17.1 Å². The van der Waals surface area contributed by atoms with Gasteiger partial charge in [0.2, 0.25) is 0 Å². The Morgan fingerprint density at radius 2 is 1.90 bits per heavy atom. The maximum absolute atomic E-state index is 12.4. The predicted molar refractivity (Wildman–Crippen MR) is 66.9 cm³/mol. The largest absolute Gasteiger partial charge is 0.493 e. The lowest BCUT2D eigenvalue weighted by atomic mass is 10.1. The molecular formula is C13H16F3NO3. The van der Waals surface area contributed by atoms with Gasteiger partial charge in [0, 0.05) is 16.3 Å². The van der Waals surface area contributed by atoms with Crippen molar-refractivity contribution in [3.63, 3.8) is 0 Å². The molecular weight excluding hydrogens is 275 g/mol. The van der Waals surface area contributed by atoms with Crippen molar-refractivity contribution in [2.75, 3.05) is 27.8 Å². The molecule has 0 spiro atoms. The summed E-state index contributed by atoms with van der Waals surface area (Å²) in [5.41, 5.74) is 0.365. The Labute approximate surface area is 117 Å². The van der Waals surface area contributed by atoms with Gasteiger partial charge in [0.05, 0.1) is 14.2 Å². The summed E-state index contributed by atoms with van der Waals surface area (Å²) in [4.78, 5) is 11.2. The number of hydrogen-bond donors (Lipinski definition) is 0. The Morgan fingerprint density at radius 3 is 2.40 bits per heavy atom. The summed E-state index contributed by atoms with van der Waals surface area (Å²) >= 11 is 0. The normalized spacial score (nSPS) is 13.3. The summed E-state index contributed by atoms with van der Waals surface area (Å²) in [6, 6.07) is 4.45. The molecule has 1 rings (SSSR count). The van der Waals surface area contributed by atoms with Gasteiger partial charge in [0.1, 0.15) is 0 Å². The van der Waals surface area contributed by atoms with E-state index in [4.69, 9.17) is 12.2 Å². The summed E-state index contributed by atoms with van der Waals surface area (Å²) in [7, 11) is 3.58. The molecule has 1 aromatic rings. The fourth-order valence-electron chi connectivity index (χ4n) is 1.46. The zero-order chi connectivity index (χ0) is 17.1.